The number of carbonyl (C=O) groups is 2. The van der Waals surface area contributed by atoms with E-state index in [2.05, 4.69) is 5.32 Å². The number of rotatable bonds is 6. The molecule has 1 aliphatic heterocycles. The van der Waals surface area contributed by atoms with Crippen LogP contribution in [-0.2, 0) is 4.74 Å². The van der Waals surface area contributed by atoms with Crippen LogP contribution in [0.25, 0.3) is 0 Å². The molecule has 2 aromatic rings. The summed E-state index contributed by atoms with van der Waals surface area (Å²) in [6.07, 6.45) is -0.309. The van der Waals surface area contributed by atoms with Crippen LogP contribution < -0.4 is 5.32 Å². The summed E-state index contributed by atoms with van der Waals surface area (Å²) in [5.74, 6) is -0.440. The van der Waals surface area contributed by atoms with E-state index in [1.54, 1.807) is 15.9 Å². The van der Waals surface area contributed by atoms with Crippen molar-refractivity contribution >= 4 is 17.6 Å². The van der Waals surface area contributed by atoms with Crippen LogP contribution in [0, 0.1) is 11.7 Å². The van der Waals surface area contributed by atoms with Crippen LogP contribution in [0.1, 0.15) is 24.2 Å². The summed E-state index contributed by atoms with van der Waals surface area (Å²) >= 11 is 0. The topological polar surface area (TPSA) is 61.9 Å². The minimum atomic E-state index is -0.442. The monoisotopic (exact) mass is 413 g/mol. The zero-order chi connectivity index (χ0) is 21.5. The largest absolute Gasteiger partial charge is 0.373 e. The van der Waals surface area contributed by atoms with Crippen LogP contribution in [-0.4, -0.2) is 60.6 Å². The third-order valence-electron chi connectivity index (χ3n) is 4.82. The second-order valence-electron chi connectivity index (χ2n) is 7.85. The molecule has 0 aliphatic carbocycles. The molecule has 0 aromatic heterocycles. The highest BCUT2D eigenvalue weighted by molar-refractivity contribution is 5.94. The first-order chi connectivity index (χ1) is 14.4. The van der Waals surface area contributed by atoms with Crippen molar-refractivity contribution in [1.82, 2.24) is 9.80 Å². The summed E-state index contributed by atoms with van der Waals surface area (Å²) in [5.41, 5.74) is 1.04. The third-order valence-corrected chi connectivity index (χ3v) is 4.82. The lowest BCUT2D eigenvalue weighted by Gasteiger charge is -2.36. The van der Waals surface area contributed by atoms with E-state index in [1.807, 2.05) is 44.2 Å². The van der Waals surface area contributed by atoms with E-state index in [0.29, 0.717) is 38.3 Å². The summed E-state index contributed by atoms with van der Waals surface area (Å²) in [5, 5.41) is 2.88. The predicted molar refractivity (Wildman–Crippen MR) is 114 cm³/mol. The number of nitrogens with zero attached hydrogens (tertiary/aromatic N) is 2. The molecule has 1 saturated heterocycles. The Morgan fingerprint density at radius 1 is 1.20 bits per heavy atom. The number of hydrogen-bond acceptors (Lipinski definition) is 3. The Morgan fingerprint density at radius 2 is 1.97 bits per heavy atom. The van der Waals surface area contributed by atoms with Crippen LogP contribution in [0.2, 0.25) is 0 Å². The molecule has 2 aromatic carbocycles. The van der Waals surface area contributed by atoms with Crippen molar-refractivity contribution in [3.8, 4) is 0 Å². The number of carbonyl (C=O) groups excluding carboxylic acids is 2. The fraction of sp³-hybridized carbons (Fsp3) is 0.391. The van der Waals surface area contributed by atoms with Gasteiger partial charge in [-0.05, 0) is 36.2 Å². The highest BCUT2D eigenvalue weighted by Gasteiger charge is 2.28. The molecule has 3 amide bonds. The van der Waals surface area contributed by atoms with Crippen LogP contribution >= 0.6 is 0 Å². The molecule has 0 saturated carbocycles. The van der Waals surface area contributed by atoms with E-state index in [0.717, 1.165) is 5.69 Å². The van der Waals surface area contributed by atoms with Crippen LogP contribution in [0.5, 0.6) is 0 Å². The quantitative estimate of drug-likeness (QED) is 0.782. The second-order valence-corrected chi connectivity index (χ2v) is 7.85. The zero-order valence-corrected chi connectivity index (χ0v) is 17.4. The van der Waals surface area contributed by atoms with Gasteiger partial charge in [0.2, 0.25) is 0 Å². The molecule has 7 heteroatoms. The number of morpholine rings is 1. The van der Waals surface area contributed by atoms with Gasteiger partial charge in [0.05, 0.1) is 19.3 Å². The van der Waals surface area contributed by atoms with Gasteiger partial charge in [0.1, 0.15) is 5.82 Å². The molecule has 1 aliphatic rings. The number of amides is 3. The van der Waals surface area contributed by atoms with Crippen LogP contribution in [0.15, 0.2) is 54.6 Å². The molecule has 1 heterocycles. The molecule has 0 spiro atoms. The molecule has 3 rings (SSSR count). The van der Waals surface area contributed by atoms with Gasteiger partial charge in [-0.15, -0.1) is 0 Å². The summed E-state index contributed by atoms with van der Waals surface area (Å²) in [6, 6.07) is 14.8. The maximum atomic E-state index is 13.6. The Labute approximate surface area is 176 Å². The standard InChI is InChI=1S/C23H28FN3O3/c1-17(2)14-27(22(28)18-7-6-8-19(24)13-18)16-21-15-26(11-12-30-21)23(29)25-20-9-4-3-5-10-20/h3-10,13,17,21H,11-12,14-16H2,1-2H3,(H,25,29)/t21-/m1/s1. The van der Waals surface area contributed by atoms with Gasteiger partial charge in [-0.1, -0.05) is 38.1 Å². The number of urea groups is 1. The van der Waals surface area contributed by atoms with Gasteiger partial charge in [-0.2, -0.15) is 0 Å². The van der Waals surface area contributed by atoms with Crippen molar-refractivity contribution in [1.29, 1.82) is 0 Å². The molecule has 1 atom stereocenters. The van der Waals surface area contributed by atoms with E-state index < -0.39 is 5.82 Å². The fourth-order valence-electron chi connectivity index (χ4n) is 3.47. The van der Waals surface area contributed by atoms with Crippen molar-refractivity contribution in [2.45, 2.75) is 20.0 Å². The lowest BCUT2D eigenvalue weighted by Crippen LogP contribution is -2.52. The molecule has 30 heavy (non-hydrogen) atoms. The Kier molecular flexibility index (Phi) is 7.41. The maximum absolute atomic E-state index is 13.6. The van der Waals surface area contributed by atoms with Gasteiger partial charge in [0, 0.05) is 30.9 Å². The summed E-state index contributed by atoms with van der Waals surface area (Å²) in [6.45, 7) is 6.16. The first-order valence-corrected chi connectivity index (χ1v) is 10.2. The molecule has 6 nitrogen and oxygen atoms in total. The summed E-state index contributed by atoms with van der Waals surface area (Å²) in [7, 11) is 0. The first kappa shape index (κ1) is 21.8. The van der Waals surface area contributed by atoms with Crippen LogP contribution in [0.4, 0.5) is 14.9 Å². The lowest BCUT2D eigenvalue weighted by atomic mass is 10.1. The van der Waals surface area contributed by atoms with Gasteiger partial charge in [-0.25, -0.2) is 9.18 Å². The number of hydrogen-bond donors (Lipinski definition) is 1. The normalized spacial score (nSPS) is 16.4. The van der Waals surface area contributed by atoms with Crippen molar-refractivity contribution < 1.29 is 18.7 Å². The van der Waals surface area contributed by atoms with E-state index >= 15 is 0 Å². The van der Waals surface area contributed by atoms with Gasteiger partial charge in [0.25, 0.3) is 5.91 Å². The number of nitrogens with one attached hydrogen (secondary N) is 1. The molecule has 1 N–H and O–H groups in total. The van der Waals surface area contributed by atoms with Crippen molar-refractivity contribution in [3.05, 3.63) is 66.0 Å². The van der Waals surface area contributed by atoms with E-state index in [9.17, 15) is 14.0 Å². The number of benzene rings is 2. The Balaban J connectivity index is 1.65. The highest BCUT2D eigenvalue weighted by atomic mass is 19.1. The molecular weight excluding hydrogens is 385 g/mol. The Morgan fingerprint density at radius 3 is 2.67 bits per heavy atom. The highest BCUT2D eigenvalue weighted by Crippen LogP contribution is 2.15. The molecular formula is C23H28FN3O3. The Bertz CT molecular complexity index is 860. The van der Waals surface area contributed by atoms with Crippen molar-refractivity contribution in [2.75, 3.05) is 38.1 Å². The average molecular weight is 413 g/mol. The third kappa shape index (κ3) is 6.03. The molecule has 1 fully saturated rings. The van der Waals surface area contributed by atoms with Gasteiger partial charge < -0.3 is 19.9 Å². The number of para-hydroxylation sites is 1. The van der Waals surface area contributed by atoms with Gasteiger partial charge in [0.15, 0.2) is 0 Å². The van der Waals surface area contributed by atoms with E-state index in [4.69, 9.17) is 4.74 Å². The molecule has 160 valence electrons. The lowest BCUT2D eigenvalue weighted by molar-refractivity contribution is -0.0272. The molecule has 0 bridgehead atoms. The summed E-state index contributed by atoms with van der Waals surface area (Å²) < 4.78 is 19.4. The van der Waals surface area contributed by atoms with E-state index in [1.165, 1.54) is 18.2 Å². The molecule has 0 unspecified atom stereocenters. The van der Waals surface area contributed by atoms with Crippen LogP contribution in [0.3, 0.4) is 0 Å². The van der Waals surface area contributed by atoms with Gasteiger partial charge >= 0.3 is 6.03 Å². The second kappa shape index (κ2) is 10.2. The smallest absolute Gasteiger partial charge is 0.322 e. The van der Waals surface area contributed by atoms with E-state index in [-0.39, 0.29) is 24.0 Å². The minimum Gasteiger partial charge on any atom is -0.373 e. The number of ether oxygens (including phenoxy) is 1. The molecule has 0 radical (unpaired) electrons. The van der Waals surface area contributed by atoms with Crippen molar-refractivity contribution in [3.63, 3.8) is 0 Å². The zero-order valence-electron chi connectivity index (χ0n) is 17.4. The maximum Gasteiger partial charge on any atom is 0.322 e. The number of anilines is 1. The minimum absolute atomic E-state index is 0.193. The predicted octanol–water partition coefficient (Wildman–Crippen LogP) is 3.86. The first-order valence-electron chi connectivity index (χ1n) is 10.2. The summed E-state index contributed by atoms with van der Waals surface area (Å²) in [4.78, 5) is 29.0. The van der Waals surface area contributed by atoms with Gasteiger partial charge in [-0.3, -0.25) is 4.79 Å². The number of halogens is 1. The Hall–Kier alpha value is -2.93. The van der Waals surface area contributed by atoms with Crippen molar-refractivity contribution in [2.24, 2.45) is 5.92 Å². The SMILES string of the molecule is CC(C)CN(C[C@H]1CN(C(=O)Nc2ccccc2)CCO1)C(=O)c1cccc(F)c1. The fourth-order valence-corrected chi connectivity index (χ4v) is 3.47. The average Bonchev–Trinajstić information content (AvgIpc) is 2.73.